The summed E-state index contributed by atoms with van der Waals surface area (Å²) < 4.78 is 0. The fourth-order valence-electron chi connectivity index (χ4n) is 2.38. The highest BCUT2D eigenvalue weighted by atomic mass is 14.9. The van der Waals surface area contributed by atoms with Crippen molar-refractivity contribution in [1.29, 1.82) is 0 Å². The van der Waals surface area contributed by atoms with Crippen LogP contribution in [0.4, 0.5) is 0 Å². The zero-order valence-electron chi connectivity index (χ0n) is 9.76. The van der Waals surface area contributed by atoms with E-state index in [9.17, 15) is 0 Å². The number of rotatable bonds is 5. The summed E-state index contributed by atoms with van der Waals surface area (Å²) in [5.41, 5.74) is 0. The van der Waals surface area contributed by atoms with Gasteiger partial charge in [-0.2, -0.15) is 0 Å². The predicted octanol–water partition coefficient (Wildman–Crippen LogP) is 3.51. The molecule has 1 heteroatoms. The molecule has 0 aromatic rings. The van der Waals surface area contributed by atoms with E-state index in [1.54, 1.807) is 0 Å². The van der Waals surface area contributed by atoms with E-state index >= 15 is 0 Å². The molecular formula is C13H25N. The zero-order valence-corrected chi connectivity index (χ0v) is 9.76. The van der Waals surface area contributed by atoms with Crippen LogP contribution in [-0.2, 0) is 0 Å². The smallest absolute Gasteiger partial charge is 0.00698 e. The van der Waals surface area contributed by atoms with Crippen LogP contribution in [0.1, 0.15) is 52.4 Å². The Balaban J connectivity index is 2.11. The molecule has 0 bridgehead atoms. The highest BCUT2D eigenvalue weighted by Gasteiger charge is 2.19. The van der Waals surface area contributed by atoms with Crippen molar-refractivity contribution < 1.29 is 0 Å². The summed E-state index contributed by atoms with van der Waals surface area (Å²) in [6, 6.07) is 0.805. The van der Waals surface area contributed by atoms with Gasteiger partial charge in [0.25, 0.3) is 0 Å². The van der Waals surface area contributed by atoms with Gasteiger partial charge in [-0.15, -0.1) is 0 Å². The van der Waals surface area contributed by atoms with Crippen molar-refractivity contribution in [3.05, 3.63) is 12.2 Å². The summed E-state index contributed by atoms with van der Waals surface area (Å²) in [4.78, 5) is 0. The first-order chi connectivity index (χ1) is 6.86. The van der Waals surface area contributed by atoms with Crippen LogP contribution in [0, 0.1) is 5.92 Å². The quantitative estimate of drug-likeness (QED) is 0.523. The molecule has 0 spiro atoms. The minimum absolute atomic E-state index is 0.805. The van der Waals surface area contributed by atoms with E-state index in [2.05, 4.69) is 31.3 Å². The Morgan fingerprint density at radius 1 is 1.36 bits per heavy atom. The molecule has 0 saturated heterocycles. The van der Waals surface area contributed by atoms with Gasteiger partial charge in [-0.3, -0.25) is 0 Å². The van der Waals surface area contributed by atoms with Crippen LogP contribution < -0.4 is 5.32 Å². The van der Waals surface area contributed by atoms with Crippen LogP contribution in [-0.4, -0.2) is 12.6 Å². The SMILES string of the molecule is C/C=C/CCNC1CCCC(CC)C1. The third-order valence-corrected chi connectivity index (χ3v) is 3.34. The lowest BCUT2D eigenvalue weighted by molar-refractivity contribution is 0.281. The van der Waals surface area contributed by atoms with Crippen molar-refractivity contribution in [3.8, 4) is 0 Å². The molecule has 0 aromatic heterocycles. The molecule has 0 heterocycles. The van der Waals surface area contributed by atoms with E-state index in [4.69, 9.17) is 0 Å². The van der Waals surface area contributed by atoms with Crippen molar-refractivity contribution in [2.45, 2.75) is 58.4 Å². The Kier molecular flexibility index (Phi) is 5.93. The monoisotopic (exact) mass is 195 g/mol. The third-order valence-electron chi connectivity index (χ3n) is 3.34. The van der Waals surface area contributed by atoms with Crippen molar-refractivity contribution in [1.82, 2.24) is 5.32 Å². The Bertz CT molecular complexity index is 163. The first kappa shape index (κ1) is 11.8. The summed E-state index contributed by atoms with van der Waals surface area (Å²) in [6.07, 6.45) is 12.6. The number of nitrogens with one attached hydrogen (secondary N) is 1. The average Bonchev–Trinajstić information content (AvgIpc) is 2.25. The van der Waals surface area contributed by atoms with Crippen LogP contribution in [0.5, 0.6) is 0 Å². The van der Waals surface area contributed by atoms with Gasteiger partial charge in [-0.05, 0) is 38.6 Å². The molecule has 1 aliphatic carbocycles. The summed E-state index contributed by atoms with van der Waals surface area (Å²) >= 11 is 0. The molecule has 1 nitrogen and oxygen atoms in total. The van der Waals surface area contributed by atoms with Gasteiger partial charge >= 0.3 is 0 Å². The van der Waals surface area contributed by atoms with Gasteiger partial charge in [0.1, 0.15) is 0 Å². The van der Waals surface area contributed by atoms with E-state index in [0.29, 0.717) is 0 Å². The molecule has 1 fully saturated rings. The average molecular weight is 195 g/mol. The van der Waals surface area contributed by atoms with Crippen molar-refractivity contribution >= 4 is 0 Å². The highest BCUT2D eigenvalue weighted by molar-refractivity contribution is 4.81. The third kappa shape index (κ3) is 4.28. The lowest BCUT2D eigenvalue weighted by atomic mass is 9.84. The maximum atomic E-state index is 3.67. The maximum Gasteiger partial charge on any atom is 0.00698 e. The number of hydrogen-bond acceptors (Lipinski definition) is 1. The van der Waals surface area contributed by atoms with Gasteiger partial charge in [0.2, 0.25) is 0 Å². The van der Waals surface area contributed by atoms with Crippen molar-refractivity contribution in [2.24, 2.45) is 5.92 Å². The maximum absolute atomic E-state index is 3.67. The second kappa shape index (κ2) is 7.05. The molecule has 0 radical (unpaired) electrons. The molecular weight excluding hydrogens is 170 g/mol. The van der Waals surface area contributed by atoms with Crippen LogP contribution in [0.15, 0.2) is 12.2 Å². The van der Waals surface area contributed by atoms with Gasteiger partial charge in [-0.25, -0.2) is 0 Å². The molecule has 2 unspecified atom stereocenters. The summed E-state index contributed by atoms with van der Waals surface area (Å²) in [5, 5.41) is 3.67. The molecule has 1 aliphatic rings. The Morgan fingerprint density at radius 2 is 2.21 bits per heavy atom. The zero-order chi connectivity index (χ0) is 10.2. The topological polar surface area (TPSA) is 12.0 Å². The largest absolute Gasteiger partial charge is 0.314 e. The van der Waals surface area contributed by atoms with Crippen LogP contribution >= 0.6 is 0 Å². The molecule has 82 valence electrons. The normalized spacial score (nSPS) is 28.4. The molecule has 1 N–H and O–H groups in total. The fourth-order valence-corrected chi connectivity index (χ4v) is 2.38. The first-order valence-corrected chi connectivity index (χ1v) is 6.21. The Hall–Kier alpha value is -0.300. The Morgan fingerprint density at radius 3 is 2.93 bits per heavy atom. The van der Waals surface area contributed by atoms with Gasteiger partial charge in [0.05, 0.1) is 0 Å². The predicted molar refractivity (Wildman–Crippen MR) is 63.5 cm³/mol. The molecule has 0 amide bonds. The van der Waals surface area contributed by atoms with E-state index in [-0.39, 0.29) is 0 Å². The standard InChI is InChI=1S/C13H25N/c1-3-5-6-10-14-13-9-7-8-12(4-2)11-13/h3,5,12-14H,4,6-11H2,1-2H3/b5-3+. The fraction of sp³-hybridized carbons (Fsp3) is 0.846. The molecule has 1 rings (SSSR count). The van der Waals surface area contributed by atoms with Gasteiger partial charge < -0.3 is 5.32 Å². The molecule has 0 aliphatic heterocycles. The second-order valence-corrected chi connectivity index (χ2v) is 4.45. The van der Waals surface area contributed by atoms with E-state index in [0.717, 1.165) is 18.5 Å². The number of hydrogen-bond donors (Lipinski definition) is 1. The van der Waals surface area contributed by atoms with Crippen LogP contribution in [0.25, 0.3) is 0 Å². The summed E-state index contributed by atoms with van der Waals surface area (Å²) in [7, 11) is 0. The molecule has 2 atom stereocenters. The molecule has 14 heavy (non-hydrogen) atoms. The lowest BCUT2D eigenvalue weighted by Crippen LogP contribution is -2.34. The highest BCUT2D eigenvalue weighted by Crippen LogP contribution is 2.26. The minimum Gasteiger partial charge on any atom is -0.314 e. The second-order valence-electron chi connectivity index (χ2n) is 4.45. The Labute approximate surface area is 89.0 Å². The lowest BCUT2D eigenvalue weighted by Gasteiger charge is -2.29. The van der Waals surface area contributed by atoms with Crippen molar-refractivity contribution in [2.75, 3.05) is 6.54 Å². The van der Waals surface area contributed by atoms with Crippen LogP contribution in [0.2, 0.25) is 0 Å². The van der Waals surface area contributed by atoms with E-state index in [1.165, 1.54) is 38.5 Å². The molecule has 1 saturated carbocycles. The number of allylic oxidation sites excluding steroid dienone is 1. The van der Waals surface area contributed by atoms with Gasteiger partial charge in [-0.1, -0.05) is 38.3 Å². The van der Waals surface area contributed by atoms with Crippen LogP contribution in [0.3, 0.4) is 0 Å². The molecule has 0 aromatic carbocycles. The summed E-state index contributed by atoms with van der Waals surface area (Å²) in [6.45, 7) is 5.58. The first-order valence-electron chi connectivity index (χ1n) is 6.21. The minimum atomic E-state index is 0.805. The summed E-state index contributed by atoms with van der Waals surface area (Å²) in [5.74, 6) is 0.989. The van der Waals surface area contributed by atoms with E-state index in [1.807, 2.05) is 0 Å². The van der Waals surface area contributed by atoms with E-state index < -0.39 is 0 Å². The van der Waals surface area contributed by atoms with Crippen molar-refractivity contribution in [3.63, 3.8) is 0 Å². The van der Waals surface area contributed by atoms with Gasteiger partial charge in [0, 0.05) is 6.04 Å². The van der Waals surface area contributed by atoms with Gasteiger partial charge in [0.15, 0.2) is 0 Å².